The first-order valence-electron chi connectivity index (χ1n) is 10.3. The highest BCUT2D eigenvalue weighted by atomic mass is 79.9. The monoisotopic (exact) mass is 459 g/mol. The predicted octanol–water partition coefficient (Wildman–Crippen LogP) is 4.91. The fourth-order valence-electron chi connectivity index (χ4n) is 4.67. The molecule has 4 rings (SSSR count). The number of esters is 1. The van der Waals surface area contributed by atoms with Crippen LogP contribution in [0.1, 0.15) is 63.4 Å². The Morgan fingerprint density at radius 1 is 1.17 bits per heavy atom. The van der Waals surface area contributed by atoms with Crippen molar-refractivity contribution in [2.75, 3.05) is 7.11 Å². The van der Waals surface area contributed by atoms with E-state index < -0.39 is 5.92 Å². The van der Waals surface area contributed by atoms with Gasteiger partial charge in [0.2, 0.25) is 0 Å². The van der Waals surface area contributed by atoms with Gasteiger partial charge in [-0.1, -0.05) is 6.07 Å². The van der Waals surface area contributed by atoms with Crippen LogP contribution in [0.15, 0.2) is 45.2 Å². The van der Waals surface area contributed by atoms with Gasteiger partial charge >= 0.3 is 5.97 Å². The molecule has 1 atom stereocenters. The van der Waals surface area contributed by atoms with Gasteiger partial charge in [-0.15, -0.1) is 0 Å². The molecule has 1 fully saturated rings. The van der Waals surface area contributed by atoms with E-state index in [2.05, 4.69) is 21.2 Å². The summed E-state index contributed by atoms with van der Waals surface area (Å²) in [6.07, 6.45) is 6.15. The van der Waals surface area contributed by atoms with Crippen molar-refractivity contribution in [3.63, 3.8) is 0 Å². The summed E-state index contributed by atoms with van der Waals surface area (Å²) in [5.41, 5.74) is 3.85. The maximum atomic E-state index is 13.2. The molecule has 0 aromatic heterocycles. The van der Waals surface area contributed by atoms with Gasteiger partial charge in [0.15, 0.2) is 5.78 Å². The highest BCUT2D eigenvalue weighted by Gasteiger charge is 2.40. The summed E-state index contributed by atoms with van der Waals surface area (Å²) in [6.45, 7) is 1.90. The molecule has 0 unspecified atom stereocenters. The van der Waals surface area contributed by atoms with Crippen LogP contribution in [0, 0.1) is 0 Å². The molecule has 6 heteroatoms. The normalized spacial score (nSPS) is 22.4. The number of hydrogen-bond donors (Lipinski definition) is 1. The Morgan fingerprint density at radius 2 is 1.93 bits per heavy atom. The molecular formula is C23H26BrNO4. The smallest absolute Gasteiger partial charge is 0.337 e. The number of ketones is 1. The fraction of sp³-hybridized carbons (Fsp3) is 0.478. The number of rotatable bonds is 4. The molecule has 0 bridgehead atoms. The quantitative estimate of drug-likeness (QED) is 0.647. The highest BCUT2D eigenvalue weighted by molar-refractivity contribution is 9.10. The molecule has 1 aromatic rings. The van der Waals surface area contributed by atoms with E-state index in [0.717, 1.165) is 60.0 Å². The first kappa shape index (κ1) is 20.2. The summed E-state index contributed by atoms with van der Waals surface area (Å²) in [5, 5.41) is 3.34. The molecule has 2 aliphatic carbocycles. The van der Waals surface area contributed by atoms with Gasteiger partial charge < -0.3 is 14.8 Å². The summed E-state index contributed by atoms with van der Waals surface area (Å²) >= 11 is 3.55. The number of allylic oxidation sites excluding steroid dienone is 3. The molecule has 154 valence electrons. The van der Waals surface area contributed by atoms with Crippen LogP contribution in [0.5, 0.6) is 5.75 Å². The highest BCUT2D eigenvalue weighted by Crippen LogP contribution is 2.44. The summed E-state index contributed by atoms with van der Waals surface area (Å²) in [4.78, 5) is 26.2. The van der Waals surface area contributed by atoms with E-state index in [1.54, 1.807) is 7.11 Å². The van der Waals surface area contributed by atoms with Gasteiger partial charge in [0, 0.05) is 29.3 Å². The van der Waals surface area contributed by atoms with Crippen molar-refractivity contribution in [3.05, 3.63) is 50.8 Å². The number of benzene rings is 1. The lowest BCUT2D eigenvalue weighted by atomic mass is 9.75. The first-order valence-corrected chi connectivity index (χ1v) is 11.1. The summed E-state index contributed by atoms with van der Waals surface area (Å²) in [6, 6.07) is 5.74. The Bertz CT molecular complexity index is 911. The Hall–Kier alpha value is -2.08. The van der Waals surface area contributed by atoms with E-state index in [1.165, 1.54) is 0 Å². The summed E-state index contributed by atoms with van der Waals surface area (Å²) in [7, 11) is 1.62. The lowest BCUT2D eigenvalue weighted by molar-refractivity contribution is -0.144. The van der Waals surface area contributed by atoms with Gasteiger partial charge in [0.05, 0.1) is 17.2 Å². The lowest BCUT2D eigenvalue weighted by Crippen LogP contribution is -2.35. The van der Waals surface area contributed by atoms with Gasteiger partial charge in [-0.05, 0) is 79.1 Å². The zero-order valence-corrected chi connectivity index (χ0v) is 18.4. The SMILES string of the molecule is COc1ccc([C@@H]2C(C(=O)OC3CCCC3)=C(C)NC3=C2C(=O)CCC3)cc1Br. The minimum Gasteiger partial charge on any atom is -0.496 e. The summed E-state index contributed by atoms with van der Waals surface area (Å²) in [5.74, 6) is 0.0796. The van der Waals surface area contributed by atoms with Crippen molar-refractivity contribution >= 4 is 27.7 Å². The molecule has 0 amide bonds. The largest absolute Gasteiger partial charge is 0.496 e. The van der Waals surface area contributed by atoms with Gasteiger partial charge in [-0.2, -0.15) is 0 Å². The number of carbonyl (C=O) groups excluding carboxylic acids is 2. The zero-order chi connectivity index (χ0) is 20.5. The molecule has 0 spiro atoms. The predicted molar refractivity (Wildman–Crippen MR) is 114 cm³/mol. The summed E-state index contributed by atoms with van der Waals surface area (Å²) < 4.78 is 12.0. The van der Waals surface area contributed by atoms with Gasteiger partial charge in [-0.3, -0.25) is 4.79 Å². The number of nitrogens with one attached hydrogen (secondary N) is 1. The van der Waals surface area contributed by atoms with Gasteiger partial charge in [0.1, 0.15) is 11.9 Å². The third kappa shape index (κ3) is 3.87. The van der Waals surface area contributed by atoms with Crippen LogP contribution < -0.4 is 10.1 Å². The van der Waals surface area contributed by atoms with E-state index in [0.29, 0.717) is 23.3 Å². The molecule has 0 radical (unpaired) electrons. The van der Waals surface area contributed by atoms with Crippen LogP contribution in [-0.4, -0.2) is 25.0 Å². The molecule has 1 N–H and O–H groups in total. The number of ether oxygens (including phenoxy) is 2. The standard InChI is InChI=1S/C23H26BrNO4/c1-13-20(23(27)29-15-6-3-4-7-15)21(14-10-11-19(28-2)16(24)12-14)22-17(25-13)8-5-9-18(22)26/h10-12,15,21,25H,3-9H2,1-2H3/t21-/m1/s1. The van der Waals surface area contributed by atoms with Gasteiger partial charge in [-0.25, -0.2) is 4.79 Å². The number of methoxy groups -OCH3 is 1. The van der Waals surface area contributed by atoms with Crippen molar-refractivity contribution in [2.24, 2.45) is 0 Å². The van der Waals surface area contributed by atoms with Crippen LogP contribution in [0.3, 0.4) is 0 Å². The first-order chi connectivity index (χ1) is 14.0. The second kappa shape index (κ2) is 8.34. The minimum absolute atomic E-state index is 0.0245. The fourth-order valence-corrected chi connectivity index (χ4v) is 5.23. The number of carbonyl (C=O) groups is 2. The Morgan fingerprint density at radius 3 is 2.62 bits per heavy atom. The van der Waals surface area contributed by atoms with Crippen LogP contribution in [0.2, 0.25) is 0 Å². The molecular weight excluding hydrogens is 434 g/mol. The van der Waals surface area contributed by atoms with E-state index in [9.17, 15) is 9.59 Å². The molecule has 1 aliphatic heterocycles. The van der Waals surface area contributed by atoms with Crippen LogP contribution >= 0.6 is 15.9 Å². The van der Waals surface area contributed by atoms with Crippen LogP contribution in [-0.2, 0) is 14.3 Å². The van der Waals surface area contributed by atoms with E-state index in [4.69, 9.17) is 9.47 Å². The molecule has 1 heterocycles. The third-order valence-electron chi connectivity index (χ3n) is 6.08. The van der Waals surface area contributed by atoms with Crippen LogP contribution in [0.25, 0.3) is 0 Å². The average Bonchev–Trinajstić information content (AvgIpc) is 3.20. The second-order valence-corrected chi connectivity index (χ2v) is 8.83. The number of hydrogen-bond acceptors (Lipinski definition) is 5. The van der Waals surface area contributed by atoms with Crippen LogP contribution in [0.4, 0.5) is 0 Å². The van der Waals surface area contributed by atoms with E-state index in [-0.39, 0.29) is 17.9 Å². The van der Waals surface area contributed by atoms with Crippen molar-refractivity contribution in [1.29, 1.82) is 0 Å². The molecule has 5 nitrogen and oxygen atoms in total. The van der Waals surface area contributed by atoms with Crippen molar-refractivity contribution in [3.8, 4) is 5.75 Å². The molecule has 0 saturated heterocycles. The Labute approximate surface area is 179 Å². The Balaban J connectivity index is 1.78. The molecule has 29 heavy (non-hydrogen) atoms. The Kier molecular flexibility index (Phi) is 5.81. The maximum absolute atomic E-state index is 13.2. The molecule has 1 saturated carbocycles. The minimum atomic E-state index is -0.421. The number of halogens is 1. The van der Waals surface area contributed by atoms with Crippen molar-refractivity contribution in [1.82, 2.24) is 5.32 Å². The number of dihydropyridines is 1. The van der Waals surface area contributed by atoms with E-state index in [1.807, 2.05) is 25.1 Å². The third-order valence-corrected chi connectivity index (χ3v) is 6.70. The zero-order valence-electron chi connectivity index (χ0n) is 16.8. The second-order valence-electron chi connectivity index (χ2n) is 7.97. The van der Waals surface area contributed by atoms with Crippen molar-refractivity contribution in [2.45, 2.75) is 63.9 Å². The van der Waals surface area contributed by atoms with Gasteiger partial charge in [0.25, 0.3) is 0 Å². The number of Topliss-reactive ketones (excluding diaryl/α,β-unsaturated/α-hetero) is 1. The van der Waals surface area contributed by atoms with E-state index >= 15 is 0 Å². The molecule has 3 aliphatic rings. The maximum Gasteiger partial charge on any atom is 0.337 e. The average molecular weight is 460 g/mol. The van der Waals surface area contributed by atoms with Crippen molar-refractivity contribution < 1.29 is 19.1 Å². The topological polar surface area (TPSA) is 64.6 Å². The lowest BCUT2D eigenvalue weighted by Gasteiger charge is -2.34. The molecule has 1 aromatic carbocycles.